The van der Waals surface area contributed by atoms with E-state index in [0.29, 0.717) is 0 Å². The molecule has 2 unspecified atom stereocenters. The summed E-state index contributed by atoms with van der Waals surface area (Å²) in [4.78, 5) is 11.9. The molecular weight excluding hydrogens is 212 g/mol. The summed E-state index contributed by atoms with van der Waals surface area (Å²) in [5, 5.41) is 3.53. The zero-order valence-electron chi connectivity index (χ0n) is 10.6. The van der Waals surface area contributed by atoms with Crippen LogP contribution in [-0.4, -0.2) is 18.0 Å². The van der Waals surface area contributed by atoms with E-state index in [0.717, 1.165) is 37.1 Å². The maximum absolute atomic E-state index is 11.9. The van der Waals surface area contributed by atoms with Gasteiger partial charge in [0.1, 0.15) is 0 Å². The first-order chi connectivity index (χ1) is 8.20. The van der Waals surface area contributed by atoms with Crippen LogP contribution in [0.25, 0.3) is 0 Å². The largest absolute Gasteiger partial charge is 0.368 e. The van der Waals surface area contributed by atoms with Gasteiger partial charge in [0.2, 0.25) is 5.91 Å². The minimum atomic E-state index is -0.367. The van der Waals surface area contributed by atoms with Crippen molar-refractivity contribution in [1.29, 1.82) is 0 Å². The van der Waals surface area contributed by atoms with Gasteiger partial charge in [0.25, 0.3) is 0 Å². The van der Waals surface area contributed by atoms with Crippen molar-refractivity contribution < 1.29 is 4.79 Å². The Bertz CT molecular complexity index is 309. The molecule has 3 heteroatoms. The van der Waals surface area contributed by atoms with Crippen LogP contribution in [0.3, 0.4) is 0 Å². The Kier molecular flexibility index (Phi) is 2.89. The van der Waals surface area contributed by atoms with E-state index in [-0.39, 0.29) is 11.4 Å². The Morgan fingerprint density at radius 1 is 1.18 bits per heavy atom. The summed E-state index contributed by atoms with van der Waals surface area (Å²) in [5.41, 5.74) is 5.32. The van der Waals surface area contributed by atoms with Gasteiger partial charge in [-0.25, -0.2) is 0 Å². The lowest BCUT2D eigenvalue weighted by molar-refractivity contribution is -0.126. The van der Waals surface area contributed by atoms with Gasteiger partial charge in [0.05, 0.1) is 5.54 Å². The van der Waals surface area contributed by atoms with Crippen LogP contribution in [0.15, 0.2) is 0 Å². The highest BCUT2D eigenvalue weighted by Gasteiger charge is 2.45. The van der Waals surface area contributed by atoms with E-state index >= 15 is 0 Å². The third kappa shape index (κ3) is 2.49. The number of rotatable bonds is 5. The molecular formula is C14H24N2O. The van der Waals surface area contributed by atoms with Crippen molar-refractivity contribution in [2.24, 2.45) is 23.5 Å². The third-order valence-electron chi connectivity index (χ3n) is 4.98. The van der Waals surface area contributed by atoms with Gasteiger partial charge in [-0.1, -0.05) is 12.8 Å². The van der Waals surface area contributed by atoms with Crippen LogP contribution in [0, 0.1) is 17.8 Å². The molecule has 3 aliphatic carbocycles. The van der Waals surface area contributed by atoms with Crippen molar-refractivity contribution in [3.8, 4) is 0 Å². The van der Waals surface area contributed by atoms with Crippen LogP contribution in [0.5, 0.6) is 0 Å². The maximum atomic E-state index is 11.9. The molecule has 3 rings (SSSR count). The molecule has 0 aromatic heterocycles. The number of hydrogen-bond donors (Lipinski definition) is 2. The Balaban J connectivity index is 1.65. The van der Waals surface area contributed by atoms with Crippen LogP contribution in [-0.2, 0) is 4.79 Å². The average molecular weight is 236 g/mol. The fraction of sp³-hybridized carbons (Fsp3) is 0.929. The number of nitrogens with two attached hydrogens (primary N) is 1. The van der Waals surface area contributed by atoms with Gasteiger partial charge < -0.3 is 11.1 Å². The van der Waals surface area contributed by atoms with Crippen molar-refractivity contribution in [3.63, 3.8) is 0 Å². The van der Waals surface area contributed by atoms with E-state index in [1.807, 2.05) is 0 Å². The smallest absolute Gasteiger partial charge is 0.237 e. The lowest BCUT2D eigenvalue weighted by Gasteiger charge is -2.39. The van der Waals surface area contributed by atoms with Gasteiger partial charge in [0, 0.05) is 0 Å². The maximum Gasteiger partial charge on any atom is 0.237 e. The first kappa shape index (κ1) is 11.5. The lowest BCUT2D eigenvalue weighted by Crippen LogP contribution is -2.58. The first-order valence-electron chi connectivity index (χ1n) is 7.24. The second-order valence-electron chi connectivity index (χ2n) is 6.46. The van der Waals surface area contributed by atoms with E-state index in [1.54, 1.807) is 0 Å². The van der Waals surface area contributed by atoms with E-state index in [4.69, 9.17) is 5.73 Å². The first-order valence-corrected chi connectivity index (χ1v) is 7.24. The van der Waals surface area contributed by atoms with E-state index in [1.165, 1.54) is 38.5 Å². The molecule has 3 saturated carbocycles. The second-order valence-corrected chi connectivity index (χ2v) is 6.46. The summed E-state index contributed by atoms with van der Waals surface area (Å²) in [6.07, 6.45) is 9.84. The van der Waals surface area contributed by atoms with Crippen LogP contribution >= 0.6 is 0 Å². The van der Waals surface area contributed by atoms with Gasteiger partial charge in [-0.3, -0.25) is 4.79 Å². The van der Waals surface area contributed by atoms with Crippen molar-refractivity contribution in [2.75, 3.05) is 6.54 Å². The highest BCUT2D eigenvalue weighted by molar-refractivity contribution is 5.84. The normalized spacial score (nSPS) is 38.0. The average Bonchev–Trinajstić information content (AvgIpc) is 3.18. The van der Waals surface area contributed by atoms with E-state index < -0.39 is 0 Å². The SMILES string of the molecule is NC(=O)C1(NCC2CC2)CCCC(C2CC2)C1. The van der Waals surface area contributed by atoms with Gasteiger partial charge in [-0.05, 0) is 62.8 Å². The Morgan fingerprint density at radius 3 is 2.53 bits per heavy atom. The van der Waals surface area contributed by atoms with Crippen molar-refractivity contribution in [3.05, 3.63) is 0 Å². The molecule has 0 heterocycles. The molecule has 2 atom stereocenters. The molecule has 0 spiro atoms. The fourth-order valence-electron chi connectivity index (χ4n) is 3.42. The van der Waals surface area contributed by atoms with E-state index in [9.17, 15) is 4.79 Å². The van der Waals surface area contributed by atoms with Gasteiger partial charge in [-0.2, -0.15) is 0 Å². The topological polar surface area (TPSA) is 55.1 Å². The van der Waals surface area contributed by atoms with Crippen molar-refractivity contribution in [2.45, 2.75) is 56.9 Å². The standard InChI is InChI=1S/C14H24N2O/c15-13(17)14(16-9-10-3-4-10)7-1-2-12(8-14)11-5-6-11/h10-12,16H,1-9H2,(H2,15,17). The van der Waals surface area contributed by atoms with Gasteiger partial charge in [-0.15, -0.1) is 0 Å². The third-order valence-corrected chi connectivity index (χ3v) is 4.98. The summed E-state index contributed by atoms with van der Waals surface area (Å²) >= 11 is 0. The second kappa shape index (κ2) is 4.27. The summed E-state index contributed by atoms with van der Waals surface area (Å²) in [6.45, 7) is 1.00. The molecule has 1 amide bonds. The predicted octanol–water partition coefficient (Wildman–Crippen LogP) is 1.81. The van der Waals surface area contributed by atoms with Crippen molar-refractivity contribution in [1.82, 2.24) is 5.32 Å². The number of hydrogen-bond acceptors (Lipinski definition) is 2. The molecule has 0 radical (unpaired) electrons. The minimum absolute atomic E-state index is 0.108. The molecule has 96 valence electrons. The van der Waals surface area contributed by atoms with Crippen LogP contribution < -0.4 is 11.1 Å². The Morgan fingerprint density at radius 2 is 1.94 bits per heavy atom. The number of amides is 1. The summed E-state index contributed by atoms with van der Waals surface area (Å²) < 4.78 is 0. The van der Waals surface area contributed by atoms with Crippen LogP contribution in [0.1, 0.15) is 51.4 Å². The summed E-state index contributed by atoms with van der Waals surface area (Å²) in [5.74, 6) is 2.36. The fourth-order valence-corrected chi connectivity index (χ4v) is 3.42. The molecule has 3 N–H and O–H groups in total. The lowest BCUT2D eigenvalue weighted by atomic mass is 9.73. The molecule has 17 heavy (non-hydrogen) atoms. The number of carbonyl (C=O) groups is 1. The quantitative estimate of drug-likeness (QED) is 0.765. The van der Waals surface area contributed by atoms with Crippen LogP contribution in [0.4, 0.5) is 0 Å². The molecule has 0 aliphatic heterocycles. The Labute approximate surface area is 104 Å². The number of primary amides is 1. The number of carbonyl (C=O) groups excluding carboxylic acids is 1. The molecule has 0 aromatic carbocycles. The molecule has 0 bridgehead atoms. The van der Waals surface area contributed by atoms with Gasteiger partial charge >= 0.3 is 0 Å². The molecule has 3 fully saturated rings. The zero-order chi connectivity index (χ0) is 11.9. The van der Waals surface area contributed by atoms with Crippen molar-refractivity contribution >= 4 is 5.91 Å². The summed E-state index contributed by atoms with van der Waals surface area (Å²) in [6, 6.07) is 0. The van der Waals surface area contributed by atoms with Gasteiger partial charge in [0.15, 0.2) is 0 Å². The van der Waals surface area contributed by atoms with E-state index in [2.05, 4.69) is 5.32 Å². The monoisotopic (exact) mass is 236 g/mol. The summed E-state index contributed by atoms with van der Waals surface area (Å²) in [7, 11) is 0. The zero-order valence-corrected chi connectivity index (χ0v) is 10.6. The highest BCUT2D eigenvalue weighted by Crippen LogP contribution is 2.46. The molecule has 0 saturated heterocycles. The van der Waals surface area contributed by atoms with Crippen LogP contribution in [0.2, 0.25) is 0 Å². The Hall–Kier alpha value is -0.570. The molecule has 3 aliphatic rings. The number of nitrogens with one attached hydrogen (secondary N) is 1. The molecule has 0 aromatic rings. The minimum Gasteiger partial charge on any atom is -0.368 e. The highest BCUT2D eigenvalue weighted by atomic mass is 16.1. The predicted molar refractivity (Wildman–Crippen MR) is 67.3 cm³/mol. The molecule has 3 nitrogen and oxygen atoms in total.